The molecule has 0 radical (unpaired) electrons. The van der Waals surface area contributed by atoms with E-state index in [0.717, 1.165) is 0 Å². The summed E-state index contributed by atoms with van der Waals surface area (Å²) in [5.74, 6) is 0.364. The van der Waals surface area contributed by atoms with Crippen molar-refractivity contribution in [2.75, 3.05) is 45.2 Å². The molecule has 0 N–H and O–H groups in total. The molecule has 3 amide bonds. The molecule has 3 aliphatic rings. The first-order chi connectivity index (χ1) is 12.4. The van der Waals surface area contributed by atoms with E-state index >= 15 is 0 Å². The molecule has 0 aliphatic carbocycles. The monoisotopic (exact) mass is 359 g/mol. The third kappa shape index (κ3) is 2.65. The van der Waals surface area contributed by atoms with Gasteiger partial charge in [-0.1, -0.05) is 0 Å². The van der Waals surface area contributed by atoms with Crippen molar-refractivity contribution in [3.8, 4) is 5.75 Å². The van der Waals surface area contributed by atoms with Crippen LogP contribution in [0.15, 0.2) is 18.2 Å². The van der Waals surface area contributed by atoms with Gasteiger partial charge in [0.2, 0.25) is 0 Å². The van der Waals surface area contributed by atoms with Crippen LogP contribution in [0.5, 0.6) is 5.75 Å². The highest BCUT2D eigenvalue weighted by Gasteiger charge is 2.46. The number of rotatable bonds is 1. The van der Waals surface area contributed by atoms with Crippen LogP contribution in [0.3, 0.4) is 0 Å². The number of amides is 3. The van der Waals surface area contributed by atoms with Gasteiger partial charge in [-0.05, 0) is 18.2 Å². The van der Waals surface area contributed by atoms with Crippen LogP contribution < -0.4 is 9.64 Å². The number of fused-ring (bicyclic) bond motifs is 1. The Balaban J connectivity index is 1.48. The highest BCUT2D eigenvalue weighted by atomic mass is 16.6. The van der Waals surface area contributed by atoms with Crippen molar-refractivity contribution in [3.05, 3.63) is 23.8 Å². The predicted octanol–water partition coefficient (Wildman–Crippen LogP) is 1.10. The van der Waals surface area contributed by atoms with Crippen LogP contribution in [-0.4, -0.2) is 73.6 Å². The van der Waals surface area contributed by atoms with Crippen molar-refractivity contribution in [2.24, 2.45) is 0 Å². The summed E-state index contributed by atoms with van der Waals surface area (Å²) in [6, 6.07) is 5.14. The second-order valence-corrected chi connectivity index (χ2v) is 7.12. The van der Waals surface area contributed by atoms with E-state index in [0.29, 0.717) is 49.5 Å². The van der Waals surface area contributed by atoms with Gasteiger partial charge in [-0.25, -0.2) is 4.79 Å². The molecule has 3 aliphatic heterocycles. The maximum atomic E-state index is 12.9. The molecule has 1 aromatic carbocycles. The van der Waals surface area contributed by atoms with Gasteiger partial charge in [-0.15, -0.1) is 0 Å². The normalized spacial score (nSPS) is 21.5. The number of piperidine rings is 1. The number of hydrogen-bond acceptors (Lipinski definition) is 5. The summed E-state index contributed by atoms with van der Waals surface area (Å²) in [4.78, 5) is 41.2. The molecule has 8 nitrogen and oxygen atoms in total. The zero-order valence-corrected chi connectivity index (χ0v) is 14.9. The first-order valence-electron chi connectivity index (χ1n) is 8.65. The molecular formula is C18H21N3O5. The Labute approximate surface area is 151 Å². The third-order valence-corrected chi connectivity index (χ3v) is 5.40. The second kappa shape index (κ2) is 5.89. The molecule has 8 heteroatoms. The minimum atomic E-state index is -0.473. The van der Waals surface area contributed by atoms with Gasteiger partial charge in [-0.2, -0.15) is 0 Å². The van der Waals surface area contributed by atoms with E-state index in [1.54, 1.807) is 42.1 Å². The zero-order chi connectivity index (χ0) is 18.5. The van der Waals surface area contributed by atoms with Gasteiger partial charge in [0.05, 0.1) is 12.2 Å². The Morgan fingerprint density at radius 1 is 1.15 bits per heavy atom. The van der Waals surface area contributed by atoms with Crippen molar-refractivity contribution < 1.29 is 23.9 Å². The molecule has 0 atom stereocenters. The van der Waals surface area contributed by atoms with Crippen molar-refractivity contribution >= 4 is 23.6 Å². The van der Waals surface area contributed by atoms with Gasteiger partial charge in [0.25, 0.3) is 11.8 Å². The fourth-order valence-electron chi connectivity index (χ4n) is 3.76. The van der Waals surface area contributed by atoms with E-state index in [1.807, 2.05) is 0 Å². The molecule has 26 heavy (non-hydrogen) atoms. The van der Waals surface area contributed by atoms with Crippen molar-refractivity contribution in [2.45, 2.75) is 18.4 Å². The standard InChI is InChI=1S/C18H21N3O5/c1-19-11-18(26-17(19)24)5-7-21(8-6-18)16(23)12-3-4-14-13(9-12)20(2)15(22)10-25-14/h3-4,9H,5-8,10-11H2,1-2H3. The van der Waals surface area contributed by atoms with E-state index in [4.69, 9.17) is 9.47 Å². The Hall–Kier alpha value is -2.77. The summed E-state index contributed by atoms with van der Waals surface area (Å²) in [5.41, 5.74) is 0.649. The molecule has 138 valence electrons. The summed E-state index contributed by atoms with van der Waals surface area (Å²) in [6.07, 6.45) is 0.954. The van der Waals surface area contributed by atoms with E-state index in [1.165, 1.54) is 4.90 Å². The lowest BCUT2D eigenvalue weighted by Gasteiger charge is -2.37. The predicted molar refractivity (Wildman–Crippen MR) is 92.3 cm³/mol. The SMILES string of the molecule is CN1CC2(CCN(C(=O)c3ccc4c(c3)N(C)C(=O)CO4)CC2)OC1=O. The Bertz CT molecular complexity index is 785. The molecular weight excluding hydrogens is 338 g/mol. The van der Waals surface area contributed by atoms with Gasteiger partial charge in [-0.3, -0.25) is 9.59 Å². The summed E-state index contributed by atoms with van der Waals surface area (Å²) in [7, 11) is 3.40. The van der Waals surface area contributed by atoms with Crippen molar-refractivity contribution in [1.29, 1.82) is 0 Å². The third-order valence-electron chi connectivity index (χ3n) is 5.40. The quantitative estimate of drug-likeness (QED) is 0.750. The topological polar surface area (TPSA) is 79.4 Å². The number of hydrogen-bond donors (Lipinski definition) is 0. The number of likely N-dealkylation sites (tertiary alicyclic amines) is 1. The van der Waals surface area contributed by atoms with Gasteiger partial charge in [0, 0.05) is 45.6 Å². The van der Waals surface area contributed by atoms with E-state index in [2.05, 4.69) is 0 Å². The van der Waals surface area contributed by atoms with Gasteiger partial charge < -0.3 is 24.2 Å². The lowest BCUT2D eigenvalue weighted by molar-refractivity contribution is -0.121. The number of benzene rings is 1. The van der Waals surface area contributed by atoms with Crippen LogP contribution in [0.25, 0.3) is 0 Å². The zero-order valence-electron chi connectivity index (χ0n) is 14.9. The van der Waals surface area contributed by atoms with Crippen molar-refractivity contribution in [3.63, 3.8) is 0 Å². The molecule has 2 saturated heterocycles. The fraction of sp³-hybridized carbons (Fsp3) is 0.500. The number of carbonyl (C=O) groups is 3. The maximum Gasteiger partial charge on any atom is 0.410 e. The molecule has 1 aromatic rings. The highest BCUT2D eigenvalue weighted by Crippen LogP contribution is 2.35. The van der Waals surface area contributed by atoms with Gasteiger partial charge in [0.1, 0.15) is 11.4 Å². The Morgan fingerprint density at radius 3 is 2.54 bits per heavy atom. The molecule has 4 rings (SSSR count). The van der Waals surface area contributed by atoms with Crippen LogP contribution in [0.4, 0.5) is 10.5 Å². The Morgan fingerprint density at radius 2 is 1.88 bits per heavy atom. The smallest absolute Gasteiger partial charge is 0.410 e. The number of ether oxygens (including phenoxy) is 2. The Kier molecular flexibility index (Phi) is 3.78. The number of anilines is 1. The lowest BCUT2D eigenvalue weighted by atomic mass is 9.91. The van der Waals surface area contributed by atoms with Crippen LogP contribution in [0.2, 0.25) is 0 Å². The van der Waals surface area contributed by atoms with E-state index in [-0.39, 0.29) is 24.5 Å². The molecule has 1 spiro atoms. The summed E-state index contributed by atoms with van der Waals surface area (Å²) in [6.45, 7) is 1.64. The number of nitrogens with zero attached hydrogens (tertiary/aromatic N) is 3. The molecule has 3 heterocycles. The van der Waals surface area contributed by atoms with Gasteiger partial charge in [0.15, 0.2) is 6.61 Å². The van der Waals surface area contributed by atoms with Crippen LogP contribution >= 0.6 is 0 Å². The first-order valence-corrected chi connectivity index (χ1v) is 8.65. The summed E-state index contributed by atoms with van der Waals surface area (Å²) < 4.78 is 10.9. The molecule has 0 saturated carbocycles. The lowest BCUT2D eigenvalue weighted by Crippen LogP contribution is -2.48. The highest BCUT2D eigenvalue weighted by molar-refractivity contribution is 6.01. The first kappa shape index (κ1) is 16.7. The maximum absolute atomic E-state index is 12.9. The van der Waals surface area contributed by atoms with E-state index in [9.17, 15) is 14.4 Å². The fourth-order valence-corrected chi connectivity index (χ4v) is 3.76. The van der Waals surface area contributed by atoms with Crippen molar-refractivity contribution in [1.82, 2.24) is 9.80 Å². The summed E-state index contributed by atoms with van der Waals surface area (Å²) >= 11 is 0. The van der Waals surface area contributed by atoms with Crippen LogP contribution in [0, 0.1) is 0 Å². The van der Waals surface area contributed by atoms with Gasteiger partial charge >= 0.3 is 6.09 Å². The minimum Gasteiger partial charge on any atom is -0.482 e. The second-order valence-electron chi connectivity index (χ2n) is 7.12. The number of likely N-dealkylation sites (N-methyl/N-ethyl adjacent to an activating group) is 2. The molecule has 2 fully saturated rings. The largest absolute Gasteiger partial charge is 0.482 e. The molecule has 0 unspecified atom stereocenters. The molecule has 0 bridgehead atoms. The average molecular weight is 359 g/mol. The minimum absolute atomic E-state index is 0.0121. The summed E-state index contributed by atoms with van der Waals surface area (Å²) in [5, 5.41) is 0. The van der Waals surface area contributed by atoms with Crippen LogP contribution in [0.1, 0.15) is 23.2 Å². The van der Waals surface area contributed by atoms with Crippen LogP contribution in [-0.2, 0) is 9.53 Å². The molecule has 0 aromatic heterocycles. The van der Waals surface area contributed by atoms with E-state index < -0.39 is 5.60 Å². The average Bonchev–Trinajstić information content (AvgIpc) is 2.91. The number of carbonyl (C=O) groups excluding carboxylic acids is 3.